The van der Waals surface area contributed by atoms with Crippen molar-refractivity contribution in [2.24, 2.45) is 5.92 Å². The first-order valence-electron chi connectivity index (χ1n) is 6.26. The Labute approximate surface area is 96.6 Å². The van der Waals surface area contributed by atoms with E-state index in [4.69, 9.17) is 0 Å². The van der Waals surface area contributed by atoms with Crippen LogP contribution in [0.15, 0.2) is 0 Å². The third kappa shape index (κ3) is 2.36. The van der Waals surface area contributed by atoms with Crippen LogP contribution in [0.1, 0.15) is 32.6 Å². The van der Waals surface area contributed by atoms with Crippen molar-refractivity contribution >= 4 is 11.8 Å². The molecule has 0 aromatic carbocycles. The average Bonchev–Trinajstić information content (AvgIpc) is 2.81. The molecule has 0 aromatic rings. The van der Waals surface area contributed by atoms with Crippen molar-refractivity contribution in [3.8, 4) is 0 Å². The van der Waals surface area contributed by atoms with Crippen LogP contribution in [0.3, 0.4) is 0 Å². The largest absolute Gasteiger partial charge is 0.334 e. The van der Waals surface area contributed by atoms with Crippen LogP contribution in [-0.4, -0.2) is 47.8 Å². The van der Waals surface area contributed by atoms with Gasteiger partial charge in [0, 0.05) is 26.2 Å². The molecule has 2 saturated heterocycles. The van der Waals surface area contributed by atoms with Crippen LogP contribution < -0.4 is 0 Å². The highest BCUT2D eigenvalue weighted by Crippen LogP contribution is 2.17. The molecule has 4 heteroatoms. The summed E-state index contributed by atoms with van der Waals surface area (Å²) in [4.78, 5) is 27.2. The molecular formula is C12H20N2O2. The van der Waals surface area contributed by atoms with Gasteiger partial charge in [0.05, 0.1) is 0 Å². The number of hydrogen-bond donors (Lipinski definition) is 0. The summed E-state index contributed by atoms with van der Waals surface area (Å²) < 4.78 is 0. The summed E-state index contributed by atoms with van der Waals surface area (Å²) in [6, 6.07) is 0. The van der Waals surface area contributed by atoms with Crippen LogP contribution in [0.2, 0.25) is 0 Å². The summed E-state index contributed by atoms with van der Waals surface area (Å²) in [7, 11) is 0. The highest BCUT2D eigenvalue weighted by Gasteiger charge is 2.30. The van der Waals surface area contributed by atoms with Gasteiger partial charge >= 0.3 is 11.8 Å². The fourth-order valence-electron chi connectivity index (χ4n) is 2.40. The molecule has 2 aliphatic rings. The van der Waals surface area contributed by atoms with E-state index >= 15 is 0 Å². The lowest BCUT2D eigenvalue weighted by molar-refractivity contribution is -0.152. The molecular weight excluding hydrogens is 204 g/mol. The minimum atomic E-state index is -0.285. The number of hydrogen-bond acceptors (Lipinski definition) is 2. The quantitative estimate of drug-likeness (QED) is 0.573. The monoisotopic (exact) mass is 224 g/mol. The Bertz CT molecular complexity index is 277. The van der Waals surface area contributed by atoms with Gasteiger partial charge in [0.15, 0.2) is 0 Å². The molecule has 0 N–H and O–H groups in total. The number of carbonyl (C=O) groups excluding carboxylic acids is 2. The van der Waals surface area contributed by atoms with Crippen LogP contribution in [0.4, 0.5) is 0 Å². The molecule has 0 aromatic heterocycles. The summed E-state index contributed by atoms with van der Waals surface area (Å²) in [5.41, 5.74) is 0. The standard InChI is InChI=1S/C12H20N2O2/c1-10-4-8-14(9-5-10)12(16)11(15)13-6-2-3-7-13/h10H,2-9H2,1H3. The molecule has 0 spiro atoms. The molecule has 2 heterocycles. The molecule has 0 saturated carbocycles. The Balaban J connectivity index is 1.88. The van der Waals surface area contributed by atoms with E-state index in [1.165, 1.54) is 0 Å². The fourth-order valence-corrected chi connectivity index (χ4v) is 2.40. The number of amides is 2. The molecule has 90 valence electrons. The Morgan fingerprint density at radius 1 is 0.875 bits per heavy atom. The molecule has 16 heavy (non-hydrogen) atoms. The first kappa shape index (κ1) is 11.4. The molecule has 2 rings (SSSR count). The van der Waals surface area contributed by atoms with E-state index in [2.05, 4.69) is 6.92 Å². The van der Waals surface area contributed by atoms with E-state index in [0.29, 0.717) is 5.92 Å². The van der Waals surface area contributed by atoms with E-state index < -0.39 is 0 Å². The maximum atomic E-state index is 11.9. The first-order chi connectivity index (χ1) is 7.68. The Hall–Kier alpha value is -1.06. The minimum Gasteiger partial charge on any atom is -0.334 e. The average molecular weight is 224 g/mol. The van der Waals surface area contributed by atoms with Gasteiger partial charge in [-0.25, -0.2) is 0 Å². The summed E-state index contributed by atoms with van der Waals surface area (Å²) in [5, 5.41) is 0. The Kier molecular flexibility index (Phi) is 3.46. The molecule has 2 amide bonds. The Morgan fingerprint density at radius 2 is 1.31 bits per heavy atom. The van der Waals surface area contributed by atoms with Crippen LogP contribution >= 0.6 is 0 Å². The van der Waals surface area contributed by atoms with E-state index in [9.17, 15) is 9.59 Å². The smallest absolute Gasteiger partial charge is 0.312 e. The lowest BCUT2D eigenvalue weighted by Crippen LogP contribution is -2.47. The van der Waals surface area contributed by atoms with Crippen LogP contribution in [-0.2, 0) is 9.59 Å². The summed E-state index contributed by atoms with van der Waals surface area (Å²) in [5.74, 6) is 0.117. The van der Waals surface area contributed by atoms with Gasteiger partial charge in [-0.3, -0.25) is 9.59 Å². The minimum absolute atomic E-state index is 0.284. The number of nitrogens with zero attached hydrogens (tertiary/aromatic N) is 2. The van der Waals surface area contributed by atoms with E-state index in [1.54, 1.807) is 9.80 Å². The van der Waals surface area contributed by atoms with Crippen LogP contribution in [0.25, 0.3) is 0 Å². The Morgan fingerprint density at radius 3 is 1.81 bits per heavy atom. The number of piperidine rings is 1. The van der Waals surface area contributed by atoms with Crippen LogP contribution in [0, 0.1) is 5.92 Å². The second-order valence-electron chi connectivity index (χ2n) is 4.97. The van der Waals surface area contributed by atoms with Crippen molar-refractivity contribution in [3.63, 3.8) is 0 Å². The number of likely N-dealkylation sites (tertiary alicyclic amines) is 2. The topological polar surface area (TPSA) is 40.6 Å². The first-order valence-corrected chi connectivity index (χ1v) is 6.26. The van der Waals surface area contributed by atoms with Crippen molar-refractivity contribution in [1.29, 1.82) is 0 Å². The number of carbonyl (C=O) groups is 2. The van der Waals surface area contributed by atoms with Gasteiger partial charge in [-0.05, 0) is 31.6 Å². The van der Waals surface area contributed by atoms with Crippen molar-refractivity contribution in [2.75, 3.05) is 26.2 Å². The molecule has 0 unspecified atom stereocenters. The lowest BCUT2D eigenvalue weighted by Gasteiger charge is -2.30. The van der Waals surface area contributed by atoms with Gasteiger partial charge in [0.1, 0.15) is 0 Å². The third-order valence-corrected chi connectivity index (χ3v) is 3.65. The lowest BCUT2D eigenvalue weighted by atomic mass is 9.99. The SMILES string of the molecule is CC1CCN(C(=O)C(=O)N2CCCC2)CC1. The summed E-state index contributed by atoms with van der Waals surface area (Å²) >= 11 is 0. The molecule has 2 aliphatic heterocycles. The second kappa shape index (κ2) is 4.85. The predicted molar refractivity (Wildman–Crippen MR) is 60.8 cm³/mol. The molecule has 0 atom stereocenters. The molecule has 4 nitrogen and oxygen atoms in total. The third-order valence-electron chi connectivity index (χ3n) is 3.65. The second-order valence-corrected chi connectivity index (χ2v) is 4.97. The van der Waals surface area contributed by atoms with Crippen molar-refractivity contribution in [1.82, 2.24) is 9.80 Å². The molecule has 0 bridgehead atoms. The van der Waals surface area contributed by atoms with Gasteiger partial charge in [-0.1, -0.05) is 6.92 Å². The molecule has 2 fully saturated rings. The van der Waals surface area contributed by atoms with Gasteiger partial charge in [-0.2, -0.15) is 0 Å². The highest BCUT2D eigenvalue weighted by atomic mass is 16.2. The summed E-state index contributed by atoms with van der Waals surface area (Å²) in [6.07, 6.45) is 4.13. The van der Waals surface area contributed by atoms with E-state index in [-0.39, 0.29) is 11.8 Å². The molecule has 0 radical (unpaired) electrons. The van der Waals surface area contributed by atoms with Gasteiger partial charge in [0.2, 0.25) is 0 Å². The maximum Gasteiger partial charge on any atom is 0.312 e. The number of rotatable bonds is 0. The van der Waals surface area contributed by atoms with Gasteiger partial charge in [-0.15, -0.1) is 0 Å². The highest BCUT2D eigenvalue weighted by molar-refractivity contribution is 6.34. The van der Waals surface area contributed by atoms with Gasteiger partial charge in [0.25, 0.3) is 0 Å². The van der Waals surface area contributed by atoms with Crippen molar-refractivity contribution in [2.45, 2.75) is 32.6 Å². The maximum absolute atomic E-state index is 11.9. The predicted octanol–water partition coefficient (Wildman–Crippen LogP) is 0.867. The van der Waals surface area contributed by atoms with E-state index in [1.807, 2.05) is 0 Å². The van der Waals surface area contributed by atoms with Crippen LogP contribution in [0.5, 0.6) is 0 Å². The molecule has 0 aliphatic carbocycles. The normalized spacial score (nSPS) is 22.6. The zero-order valence-corrected chi connectivity index (χ0v) is 9.95. The zero-order chi connectivity index (χ0) is 11.5. The zero-order valence-electron chi connectivity index (χ0n) is 9.95. The summed E-state index contributed by atoms with van der Waals surface area (Å²) in [6.45, 7) is 5.22. The fraction of sp³-hybridized carbons (Fsp3) is 0.833. The van der Waals surface area contributed by atoms with Gasteiger partial charge < -0.3 is 9.80 Å². The van der Waals surface area contributed by atoms with Crippen molar-refractivity contribution < 1.29 is 9.59 Å². The van der Waals surface area contributed by atoms with E-state index in [0.717, 1.165) is 51.9 Å². The van der Waals surface area contributed by atoms with Crippen molar-refractivity contribution in [3.05, 3.63) is 0 Å².